The summed E-state index contributed by atoms with van der Waals surface area (Å²) in [7, 11) is 0. The van der Waals surface area contributed by atoms with Crippen molar-refractivity contribution in [3.8, 4) is 10.7 Å². The van der Waals surface area contributed by atoms with Crippen LogP contribution in [0.1, 0.15) is 37.4 Å². The minimum atomic E-state index is 0.819. The molecule has 0 bridgehead atoms. The quantitative estimate of drug-likeness (QED) is 0.872. The van der Waals surface area contributed by atoms with Gasteiger partial charge in [-0.2, -0.15) is 0 Å². The van der Waals surface area contributed by atoms with E-state index >= 15 is 0 Å². The van der Waals surface area contributed by atoms with Gasteiger partial charge in [0.15, 0.2) is 5.82 Å². The van der Waals surface area contributed by atoms with Gasteiger partial charge >= 0.3 is 0 Å². The van der Waals surface area contributed by atoms with Crippen molar-refractivity contribution in [3.05, 3.63) is 23.0 Å². The Labute approximate surface area is 117 Å². The lowest BCUT2D eigenvalue weighted by atomic mass is 10.1. The van der Waals surface area contributed by atoms with Crippen molar-refractivity contribution in [2.24, 2.45) is 0 Å². The van der Waals surface area contributed by atoms with E-state index in [1.165, 1.54) is 30.5 Å². The molecule has 2 aromatic rings. The average molecular weight is 274 g/mol. The second-order valence-electron chi connectivity index (χ2n) is 4.78. The molecule has 4 nitrogen and oxygen atoms in total. The minimum Gasteiger partial charge on any atom is -0.370 e. The van der Waals surface area contributed by atoms with E-state index in [-0.39, 0.29) is 0 Å². The Morgan fingerprint density at radius 3 is 2.89 bits per heavy atom. The smallest absolute Gasteiger partial charge is 0.173 e. The second-order valence-corrected chi connectivity index (χ2v) is 5.66. The molecule has 5 heteroatoms. The van der Waals surface area contributed by atoms with Crippen LogP contribution in [-0.4, -0.2) is 21.5 Å². The number of anilines is 1. The first-order valence-electron chi connectivity index (χ1n) is 6.91. The van der Waals surface area contributed by atoms with Crippen LogP contribution < -0.4 is 5.32 Å². The van der Waals surface area contributed by atoms with E-state index in [0.717, 1.165) is 35.9 Å². The first-order valence-corrected chi connectivity index (χ1v) is 7.79. The third-order valence-corrected chi connectivity index (χ3v) is 4.20. The summed E-state index contributed by atoms with van der Waals surface area (Å²) in [5, 5.41) is 3.40. The zero-order valence-corrected chi connectivity index (χ0v) is 12.0. The Balaban J connectivity index is 2.08. The number of aryl methyl sites for hydroxylation is 1. The number of nitrogens with zero attached hydrogens (tertiary/aromatic N) is 3. The number of thiazole rings is 1. The van der Waals surface area contributed by atoms with Crippen molar-refractivity contribution in [3.63, 3.8) is 0 Å². The van der Waals surface area contributed by atoms with E-state index in [9.17, 15) is 0 Å². The number of aromatic nitrogens is 3. The molecule has 1 N–H and O–H groups in total. The highest BCUT2D eigenvalue weighted by atomic mass is 32.1. The van der Waals surface area contributed by atoms with Gasteiger partial charge in [0.25, 0.3) is 0 Å². The summed E-state index contributed by atoms with van der Waals surface area (Å²) in [4.78, 5) is 14.7. The minimum absolute atomic E-state index is 0.819. The molecule has 0 saturated carbocycles. The fourth-order valence-electron chi connectivity index (χ4n) is 2.52. The van der Waals surface area contributed by atoms with Crippen LogP contribution >= 0.6 is 11.3 Å². The van der Waals surface area contributed by atoms with Gasteiger partial charge in [-0.05, 0) is 32.6 Å². The molecule has 0 amide bonds. The first kappa shape index (κ1) is 12.5. The monoisotopic (exact) mass is 274 g/mol. The molecule has 19 heavy (non-hydrogen) atoms. The standard InChI is InChI=1S/C14H18N4S/c1-2-16-13-10-6-4-3-5-7-11(10)17-14(18-13)12-8-15-9-19-12/h8-9H,2-7H2,1H3,(H,16,17,18). The van der Waals surface area contributed by atoms with Crippen LogP contribution in [0.4, 0.5) is 5.82 Å². The van der Waals surface area contributed by atoms with Gasteiger partial charge in [0, 0.05) is 24.0 Å². The fourth-order valence-corrected chi connectivity index (χ4v) is 3.07. The van der Waals surface area contributed by atoms with Gasteiger partial charge in [0.2, 0.25) is 0 Å². The maximum atomic E-state index is 4.78. The Kier molecular flexibility index (Phi) is 3.73. The van der Waals surface area contributed by atoms with Crippen molar-refractivity contribution < 1.29 is 0 Å². The van der Waals surface area contributed by atoms with Gasteiger partial charge in [0.1, 0.15) is 5.82 Å². The zero-order chi connectivity index (χ0) is 13.1. The summed E-state index contributed by atoms with van der Waals surface area (Å²) in [5.74, 6) is 1.84. The Hall–Kier alpha value is -1.49. The molecule has 0 aromatic carbocycles. The molecule has 1 aliphatic rings. The van der Waals surface area contributed by atoms with E-state index in [2.05, 4.69) is 17.2 Å². The number of rotatable bonds is 3. The van der Waals surface area contributed by atoms with Gasteiger partial charge < -0.3 is 5.32 Å². The van der Waals surface area contributed by atoms with Crippen molar-refractivity contribution in [1.29, 1.82) is 0 Å². The molecular weight excluding hydrogens is 256 g/mol. The lowest BCUT2D eigenvalue weighted by Gasteiger charge is -2.13. The normalized spacial score (nSPS) is 14.8. The van der Waals surface area contributed by atoms with E-state index in [4.69, 9.17) is 9.97 Å². The Morgan fingerprint density at radius 1 is 1.21 bits per heavy atom. The van der Waals surface area contributed by atoms with Gasteiger partial charge in [-0.1, -0.05) is 6.42 Å². The molecule has 0 saturated heterocycles. The largest absolute Gasteiger partial charge is 0.370 e. The Bertz CT molecular complexity index is 551. The van der Waals surface area contributed by atoms with Gasteiger partial charge in [-0.15, -0.1) is 11.3 Å². The summed E-state index contributed by atoms with van der Waals surface area (Å²) in [6.07, 6.45) is 7.78. The molecule has 0 radical (unpaired) electrons. The van der Waals surface area contributed by atoms with E-state index in [1.54, 1.807) is 11.3 Å². The topological polar surface area (TPSA) is 50.7 Å². The van der Waals surface area contributed by atoms with Crippen molar-refractivity contribution in [2.45, 2.75) is 39.0 Å². The summed E-state index contributed by atoms with van der Waals surface area (Å²) < 4.78 is 0. The van der Waals surface area contributed by atoms with Crippen LogP contribution in [0, 0.1) is 0 Å². The summed E-state index contributed by atoms with van der Waals surface area (Å²) in [6, 6.07) is 0. The molecule has 0 fully saturated rings. The molecule has 0 unspecified atom stereocenters. The molecule has 0 aliphatic heterocycles. The maximum absolute atomic E-state index is 4.78. The average Bonchev–Trinajstić information content (AvgIpc) is 2.85. The molecular formula is C14H18N4S. The molecule has 100 valence electrons. The van der Waals surface area contributed by atoms with Crippen molar-refractivity contribution >= 4 is 17.2 Å². The van der Waals surface area contributed by atoms with Crippen LogP contribution in [0.2, 0.25) is 0 Å². The lowest BCUT2D eigenvalue weighted by molar-refractivity contribution is 0.709. The number of fused-ring (bicyclic) bond motifs is 1. The van der Waals surface area contributed by atoms with E-state index < -0.39 is 0 Å². The van der Waals surface area contributed by atoms with Crippen LogP contribution in [0.15, 0.2) is 11.7 Å². The van der Waals surface area contributed by atoms with Crippen molar-refractivity contribution in [1.82, 2.24) is 15.0 Å². The molecule has 2 aromatic heterocycles. The maximum Gasteiger partial charge on any atom is 0.173 e. The number of hydrogen-bond acceptors (Lipinski definition) is 5. The first-order chi connectivity index (χ1) is 9.38. The van der Waals surface area contributed by atoms with Crippen LogP contribution in [-0.2, 0) is 12.8 Å². The number of hydrogen-bond donors (Lipinski definition) is 1. The van der Waals surface area contributed by atoms with Crippen LogP contribution in [0.3, 0.4) is 0 Å². The van der Waals surface area contributed by atoms with Crippen LogP contribution in [0.25, 0.3) is 10.7 Å². The zero-order valence-electron chi connectivity index (χ0n) is 11.1. The summed E-state index contributed by atoms with van der Waals surface area (Å²) in [5.41, 5.74) is 4.39. The fraction of sp³-hybridized carbons (Fsp3) is 0.500. The molecule has 2 heterocycles. The molecule has 0 spiro atoms. The Morgan fingerprint density at radius 2 is 2.11 bits per heavy atom. The highest BCUT2D eigenvalue weighted by Gasteiger charge is 2.17. The third kappa shape index (κ3) is 2.61. The van der Waals surface area contributed by atoms with E-state index in [0.29, 0.717) is 0 Å². The third-order valence-electron chi connectivity index (χ3n) is 3.43. The molecule has 0 atom stereocenters. The predicted octanol–water partition coefficient (Wildman–Crippen LogP) is 3.30. The highest BCUT2D eigenvalue weighted by molar-refractivity contribution is 7.13. The second kappa shape index (κ2) is 5.65. The SMILES string of the molecule is CCNc1nc(-c2cncs2)nc2c1CCCCC2. The molecule has 3 rings (SSSR count). The summed E-state index contributed by atoms with van der Waals surface area (Å²) >= 11 is 1.59. The van der Waals surface area contributed by atoms with E-state index in [1.807, 2.05) is 11.7 Å². The van der Waals surface area contributed by atoms with Gasteiger partial charge in [0.05, 0.1) is 10.4 Å². The predicted molar refractivity (Wildman–Crippen MR) is 78.6 cm³/mol. The van der Waals surface area contributed by atoms with Crippen molar-refractivity contribution in [2.75, 3.05) is 11.9 Å². The highest BCUT2D eigenvalue weighted by Crippen LogP contribution is 2.28. The summed E-state index contributed by atoms with van der Waals surface area (Å²) in [6.45, 7) is 3.00. The van der Waals surface area contributed by atoms with Gasteiger partial charge in [-0.25, -0.2) is 9.97 Å². The van der Waals surface area contributed by atoms with Gasteiger partial charge in [-0.3, -0.25) is 4.98 Å². The number of nitrogens with one attached hydrogen (secondary N) is 1. The lowest BCUT2D eigenvalue weighted by Crippen LogP contribution is -2.09. The van der Waals surface area contributed by atoms with Crippen LogP contribution in [0.5, 0.6) is 0 Å². The molecule has 1 aliphatic carbocycles.